The number of hydrogen-bond donors (Lipinski definition) is 0. The summed E-state index contributed by atoms with van der Waals surface area (Å²) in [4.78, 5) is 0. The van der Waals surface area contributed by atoms with E-state index in [0.29, 0.717) is 13.2 Å². The van der Waals surface area contributed by atoms with Gasteiger partial charge in [0.25, 0.3) is 0 Å². The van der Waals surface area contributed by atoms with Crippen LogP contribution in [-0.2, 0) is 13.2 Å². The number of hydrogen-bond acceptors (Lipinski definition) is 4. The summed E-state index contributed by atoms with van der Waals surface area (Å²) in [6.07, 6.45) is 0. The quantitative estimate of drug-likeness (QED) is 0.212. The molecule has 0 saturated heterocycles. The largest absolute Gasteiger partial charge is 0.489 e. The highest BCUT2D eigenvalue weighted by atomic mass is 16.5. The average molecular weight is 493 g/mol. The van der Waals surface area contributed by atoms with Crippen LogP contribution < -0.4 is 9.47 Å². The van der Waals surface area contributed by atoms with Crippen molar-refractivity contribution in [2.45, 2.75) is 13.2 Å². The highest BCUT2D eigenvalue weighted by molar-refractivity contribution is 6.07. The number of benzene rings is 6. The van der Waals surface area contributed by atoms with Gasteiger partial charge in [0, 0.05) is 12.1 Å². The Kier molecular flexibility index (Phi) is 5.56. The molecule has 0 unspecified atom stereocenters. The molecule has 0 fully saturated rings. The molecule has 1 aliphatic rings. The summed E-state index contributed by atoms with van der Waals surface area (Å²) in [7, 11) is 0. The summed E-state index contributed by atoms with van der Waals surface area (Å²) in [6.45, 7) is 0.840. The summed E-state index contributed by atoms with van der Waals surface area (Å²) < 4.78 is 12.7. The normalized spacial score (nSPS) is 12.8. The molecule has 4 bridgehead atoms. The molecular formula is C34H24N2O2. The fourth-order valence-electron chi connectivity index (χ4n) is 5.17. The first-order valence-electron chi connectivity index (χ1n) is 12.7. The molecule has 6 aromatic carbocycles. The molecule has 1 aliphatic heterocycles. The van der Waals surface area contributed by atoms with E-state index in [1.165, 1.54) is 32.7 Å². The van der Waals surface area contributed by atoms with Crippen molar-refractivity contribution in [2.24, 2.45) is 10.2 Å². The van der Waals surface area contributed by atoms with Crippen LogP contribution in [0.1, 0.15) is 11.1 Å². The van der Waals surface area contributed by atoms with E-state index in [2.05, 4.69) is 83.0 Å². The van der Waals surface area contributed by atoms with Crippen molar-refractivity contribution in [3.05, 3.63) is 132 Å². The first-order valence-corrected chi connectivity index (χ1v) is 12.7. The van der Waals surface area contributed by atoms with Gasteiger partial charge in [0.15, 0.2) is 0 Å². The number of fused-ring (bicyclic) bond motifs is 11. The summed E-state index contributed by atoms with van der Waals surface area (Å²) in [6, 6.07) is 41.3. The van der Waals surface area contributed by atoms with Gasteiger partial charge in [-0.15, -0.1) is 0 Å². The molecule has 0 aromatic heterocycles. The Balaban J connectivity index is 1.50. The van der Waals surface area contributed by atoms with Gasteiger partial charge in [0.1, 0.15) is 24.7 Å². The van der Waals surface area contributed by atoms with E-state index < -0.39 is 0 Å². The standard InChI is InChI=1S/C34H24N2O2/c1-3-13-31-23(7-1)15-17-25-21-37-29-11-5-9-27(19-29)35-36-28-10-6-12-30(20-28)38-22-26-18-16-24-8-2-4-14-32(24)34(26)33(25)31/h1-20H,21-22H2. The molecule has 0 amide bonds. The van der Waals surface area contributed by atoms with Gasteiger partial charge in [-0.1, -0.05) is 84.9 Å². The lowest BCUT2D eigenvalue weighted by molar-refractivity contribution is 0.305. The molecule has 0 aliphatic carbocycles. The molecule has 0 atom stereocenters. The Morgan fingerprint density at radius 3 is 1.42 bits per heavy atom. The summed E-state index contributed by atoms with van der Waals surface area (Å²) in [5.74, 6) is 1.51. The Morgan fingerprint density at radius 1 is 0.447 bits per heavy atom. The average Bonchev–Trinajstić information content (AvgIpc) is 2.97. The zero-order chi connectivity index (χ0) is 25.3. The molecule has 0 N–H and O–H groups in total. The van der Waals surface area contributed by atoms with Crippen molar-refractivity contribution in [1.82, 2.24) is 0 Å². The highest BCUT2D eigenvalue weighted by Crippen LogP contribution is 2.40. The van der Waals surface area contributed by atoms with Crippen LogP contribution in [0.25, 0.3) is 32.7 Å². The molecule has 4 nitrogen and oxygen atoms in total. The fraction of sp³-hybridized carbons (Fsp3) is 0.0588. The molecule has 7 rings (SSSR count). The summed E-state index contributed by atoms with van der Waals surface area (Å²) in [5, 5.41) is 13.6. The SMILES string of the molecule is c1cc2cc(c1)OCc1ccc3ccccc3c1-c1c(ccc3ccccc13)COc1cccc(c1)N=N2. The Morgan fingerprint density at radius 2 is 0.921 bits per heavy atom. The second kappa shape index (κ2) is 9.49. The lowest BCUT2D eigenvalue weighted by atomic mass is 9.87. The molecule has 0 radical (unpaired) electrons. The van der Waals surface area contributed by atoms with Crippen LogP contribution in [0.5, 0.6) is 11.5 Å². The van der Waals surface area contributed by atoms with Gasteiger partial charge in [-0.25, -0.2) is 0 Å². The summed E-state index contributed by atoms with van der Waals surface area (Å²) in [5.41, 5.74) is 6.04. The van der Waals surface area contributed by atoms with Crippen molar-refractivity contribution in [1.29, 1.82) is 0 Å². The molecular weight excluding hydrogens is 468 g/mol. The van der Waals surface area contributed by atoms with Crippen molar-refractivity contribution in [2.75, 3.05) is 0 Å². The lowest BCUT2D eigenvalue weighted by Gasteiger charge is -2.20. The van der Waals surface area contributed by atoms with Gasteiger partial charge in [0.2, 0.25) is 0 Å². The molecule has 38 heavy (non-hydrogen) atoms. The third kappa shape index (κ3) is 4.16. The van der Waals surface area contributed by atoms with E-state index in [9.17, 15) is 0 Å². The number of rotatable bonds is 0. The van der Waals surface area contributed by atoms with Crippen LogP contribution in [0, 0.1) is 0 Å². The zero-order valence-corrected chi connectivity index (χ0v) is 20.7. The van der Waals surface area contributed by atoms with Gasteiger partial charge in [-0.2, -0.15) is 10.2 Å². The van der Waals surface area contributed by atoms with Gasteiger partial charge >= 0.3 is 0 Å². The first-order chi connectivity index (χ1) is 18.8. The van der Waals surface area contributed by atoms with Crippen LogP contribution in [-0.4, -0.2) is 0 Å². The minimum Gasteiger partial charge on any atom is -0.489 e. The van der Waals surface area contributed by atoms with E-state index in [-0.39, 0.29) is 0 Å². The Labute approximate surface area is 220 Å². The number of nitrogens with zero attached hydrogens (tertiary/aromatic N) is 2. The monoisotopic (exact) mass is 492 g/mol. The maximum atomic E-state index is 6.36. The molecule has 0 saturated carbocycles. The Hall–Kier alpha value is -4.96. The van der Waals surface area contributed by atoms with Crippen LogP contribution >= 0.6 is 0 Å². The van der Waals surface area contributed by atoms with E-state index in [0.717, 1.165) is 34.0 Å². The predicted molar refractivity (Wildman–Crippen MR) is 153 cm³/mol. The van der Waals surface area contributed by atoms with Crippen LogP contribution in [0.3, 0.4) is 0 Å². The lowest BCUT2D eigenvalue weighted by Crippen LogP contribution is -2.03. The smallest absolute Gasteiger partial charge is 0.122 e. The van der Waals surface area contributed by atoms with E-state index >= 15 is 0 Å². The van der Waals surface area contributed by atoms with Crippen LogP contribution in [0.4, 0.5) is 11.4 Å². The van der Waals surface area contributed by atoms with E-state index in [1.54, 1.807) is 0 Å². The molecule has 6 aromatic rings. The summed E-state index contributed by atoms with van der Waals surface area (Å²) >= 11 is 0. The van der Waals surface area contributed by atoms with Gasteiger partial charge < -0.3 is 9.47 Å². The van der Waals surface area contributed by atoms with Crippen molar-refractivity contribution in [3.8, 4) is 22.6 Å². The molecule has 182 valence electrons. The van der Waals surface area contributed by atoms with Gasteiger partial charge in [-0.3, -0.25) is 0 Å². The second-order valence-electron chi connectivity index (χ2n) is 9.41. The van der Waals surface area contributed by atoms with Gasteiger partial charge in [0.05, 0.1) is 11.4 Å². The van der Waals surface area contributed by atoms with Gasteiger partial charge in [-0.05, 0) is 68.1 Å². The van der Waals surface area contributed by atoms with Crippen LogP contribution in [0.15, 0.2) is 132 Å². The molecule has 4 heteroatoms. The van der Waals surface area contributed by atoms with E-state index in [4.69, 9.17) is 9.47 Å². The van der Waals surface area contributed by atoms with E-state index in [1.807, 2.05) is 48.5 Å². The topological polar surface area (TPSA) is 43.2 Å². The molecule has 0 spiro atoms. The minimum absolute atomic E-state index is 0.420. The minimum atomic E-state index is 0.420. The van der Waals surface area contributed by atoms with Crippen molar-refractivity contribution in [3.63, 3.8) is 0 Å². The third-order valence-electron chi connectivity index (χ3n) is 6.99. The predicted octanol–water partition coefficient (Wildman–Crippen LogP) is 9.55. The second-order valence-corrected chi connectivity index (χ2v) is 9.41. The number of azo groups is 1. The Bertz CT molecular complexity index is 1710. The van der Waals surface area contributed by atoms with Crippen LogP contribution in [0.2, 0.25) is 0 Å². The van der Waals surface area contributed by atoms with Crippen molar-refractivity contribution >= 4 is 32.9 Å². The number of ether oxygens (including phenoxy) is 2. The third-order valence-corrected chi connectivity index (χ3v) is 6.99. The fourth-order valence-corrected chi connectivity index (χ4v) is 5.17. The van der Waals surface area contributed by atoms with Crippen molar-refractivity contribution < 1.29 is 9.47 Å². The first kappa shape index (κ1) is 22.3. The highest BCUT2D eigenvalue weighted by Gasteiger charge is 2.18. The maximum Gasteiger partial charge on any atom is 0.122 e. The zero-order valence-electron chi connectivity index (χ0n) is 20.7. The maximum absolute atomic E-state index is 6.36. The molecule has 1 heterocycles.